The molecule has 0 amide bonds. The van der Waals surface area contributed by atoms with E-state index >= 15 is 0 Å². The molecule has 0 aliphatic rings. The van der Waals surface area contributed by atoms with E-state index in [-0.39, 0.29) is 0 Å². The van der Waals surface area contributed by atoms with Gasteiger partial charge in [-0.25, -0.2) is 0 Å². The van der Waals surface area contributed by atoms with E-state index in [4.69, 9.17) is 16.3 Å². The van der Waals surface area contributed by atoms with Gasteiger partial charge in [0.25, 0.3) is 0 Å². The molecular formula is C13H21ClNO+. The molecule has 0 radical (unpaired) electrons. The lowest BCUT2D eigenvalue weighted by Gasteiger charge is -2.15. The van der Waals surface area contributed by atoms with Crippen LogP contribution in [0.5, 0.6) is 5.75 Å². The highest BCUT2D eigenvalue weighted by molar-refractivity contribution is 6.30. The molecule has 1 N–H and O–H groups in total. The Labute approximate surface area is 103 Å². The fraction of sp³-hybridized carbons (Fsp3) is 0.538. The van der Waals surface area contributed by atoms with Crippen molar-refractivity contribution in [3.63, 3.8) is 0 Å². The van der Waals surface area contributed by atoms with Crippen LogP contribution in [0.4, 0.5) is 0 Å². The largest absolute Gasteiger partial charge is 0.493 e. The SMILES string of the molecule is CC[NH+](CC)CCCOc1ccc(Cl)cc1. The molecule has 0 fully saturated rings. The zero-order valence-electron chi connectivity index (χ0n) is 10.1. The van der Waals surface area contributed by atoms with Crippen molar-refractivity contribution in [2.75, 3.05) is 26.2 Å². The molecule has 2 nitrogen and oxygen atoms in total. The Balaban J connectivity index is 2.18. The van der Waals surface area contributed by atoms with Gasteiger partial charge in [0, 0.05) is 11.4 Å². The van der Waals surface area contributed by atoms with E-state index in [1.807, 2.05) is 24.3 Å². The monoisotopic (exact) mass is 242 g/mol. The van der Waals surface area contributed by atoms with E-state index in [1.54, 1.807) is 4.90 Å². The summed E-state index contributed by atoms with van der Waals surface area (Å²) in [6, 6.07) is 7.53. The third kappa shape index (κ3) is 4.86. The van der Waals surface area contributed by atoms with Crippen LogP contribution in [0.25, 0.3) is 0 Å². The lowest BCUT2D eigenvalue weighted by atomic mass is 10.3. The lowest BCUT2D eigenvalue weighted by Crippen LogP contribution is -3.11. The molecule has 1 aromatic carbocycles. The molecule has 0 heterocycles. The molecule has 0 atom stereocenters. The first kappa shape index (κ1) is 13.3. The first-order valence-corrected chi connectivity index (χ1v) is 6.36. The molecule has 0 saturated carbocycles. The minimum atomic E-state index is 0.750. The minimum Gasteiger partial charge on any atom is -0.493 e. The smallest absolute Gasteiger partial charge is 0.119 e. The number of hydrogen-bond donors (Lipinski definition) is 1. The summed E-state index contributed by atoms with van der Waals surface area (Å²) < 4.78 is 5.63. The summed E-state index contributed by atoms with van der Waals surface area (Å²) >= 11 is 5.79. The summed E-state index contributed by atoms with van der Waals surface area (Å²) in [5.74, 6) is 0.902. The Morgan fingerprint density at radius 1 is 1.12 bits per heavy atom. The van der Waals surface area contributed by atoms with Crippen LogP contribution in [0.15, 0.2) is 24.3 Å². The second kappa shape index (κ2) is 7.53. The van der Waals surface area contributed by atoms with Gasteiger partial charge in [0.05, 0.1) is 26.2 Å². The molecule has 90 valence electrons. The number of nitrogens with one attached hydrogen (secondary N) is 1. The van der Waals surface area contributed by atoms with Crippen molar-refractivity contribution in [1.82, 2.24) is 0 Å². The topological polar surface area (TPSA) is 13.7 Å². The number of halogens is 1. The predicted octanol–water partition coefficient (Wildman–Crippen LogP) is 2.03. The number of hydrogen-bond acceptors (Lipinski definition) is 1. The molecular weight excluding hydrogens is 222 g/mol. The van der Waals surface area contributed by atoms with Crippen LogP contribution in [0.1, 0.15) is 20.3 Å². The number of benzene rings is 1. The Kier molecular flexibility index (Phi) is 6.27. The fourth-order valence-electron chi connectivity index (χ4n) is 1.65. The normalized spacial score (nSPS) is 10.8. The van der Waals surface area contributed by atoms with E-state index in [0.29, 0.717) is 0 Å². The second-order valence-electron chi connectivity index (χ2n) is 3.86. The van der Waals surface area contributed by atoms with Gasteiger partial charge in [0.2, 0.25) is 0 Å². The first-order valence-electron chi connectivity index (χ1n) is 5.98. The molecule has 3 heteroatoms. The summed E-state index contributed by atoms with van der Waals surface area (Å²) in [5.41, 5.74) is 0. The third-order valence-corrected chi connectivity index (χ3v) is 3.01. The standard InChI is InChI=1S/C13H20ClNO/c1-3-15(4-2)10-5-11-16-13-8-6-12(14)7-9-13/h6-9H,3-5,10-11H2,1-2H3/p+1. The van der Waals surface area contributed by atoms with Crippen LogP contribution in [-0.2, 0) is 0 Å². The van der Waals surface area contributed by atoms with Crippen molar-refractivity contribution in [1.29, 1.82) is 0 Å². The molecule has 1 aromatic rings. The van der Waals surface area contributed by atoms with Crippen molar-refractivity contribution in [3.05, 3.63) is 29.3 Å². The Morgan fingerprint density at radius 2 is 1.75 bits per heavy atom. The van der Waals surface area contributed by atoms with Gasteiger partial charge in [-0.2, -0.15) is 0 Å². The molecule has 0 aliphatic heterocycles. The van der Waals surface area contributed by atoms with Gasteiger partial charge < -0.3 is 9.64 Å². The van der Waals surface area contributed by atoms with Crippen molar-refractivity contribution < 1.29 is 9.64 Å². The summed E-state index contributed by atoms with van der Waals surface area (Å²) in [6.45, 7) is 8.79. The maximum atomic E-state index is 5.79. The molecule has 0 bridgehead atoms. The van der Waals surface area contributed by atoms with Crippen molar-refractivity contribution in [2.45, 2.75) is 20.3 Å². The Hall–Kier alpha value is -0.730. The Morgan fingerprint density at radius 3 is 2.31 bits per heavy atom. The maximum Gasteiger partial charge on any atom is 0.119 e. The van der Waals surface area contributed by atoms with E-state index in [2.05, 4.69) is 13.8 Å². The van der Waals surface area contributed by atoms with Crippen LogP contribution >= 0.6 is 11.6 Å². The highest BCUT2D eigenvalue weighted by Crippen LogP contribution is 2.15. The zero-order valence-corrected chi connectivity index (χ0v) is 10.9. The van der Waals surface area contributed by atoms with Gasteiger partial charge in [-0.05, 0) is 38.1 Å². The summed E-state index contributed by atoms with van der Waals surface area (Å²) in [4.78, 5) is 1.62. The first-order chi connectivity index (χ1) is 7.76. The second-order valence-corrected chi connectivity index (χ2v) is 4.30. The highest BCUT2D eigenvalue weighted by atomic mass is 35.5. The van der Waals surface area contributed by atoms with Gasteiger partial charge >= 0.3 is 0 Å². The molecule has 0 spiro atoms. The molecule has 1 rings (SSSR count). The van der Waals surface area contributed by atoms with Crippen LogP contribution in [-0.4, -0.2) is 26.2 Å². The molecule has 0 aromatic heterocycles. The van der Waals surface area contributed by atoms with Gasteiger partial charge in [0.15, 0.2) is 0 Å². The molecule has 0 unspecified atom stereocenters. The van der Waals surface area contributed by atoms with Gasteiger partial charge in [-0.1, -0.05) is 11.6 Å². The molecule has 0 aliphatic carbocycles. The number of ether oxygens (including phenoxy) is 1. The van der Waals surface area contributed by atoms with E-state index in [1.165, 1.54) is 19.6 Å². The minimum absolute atomic E-state index is 0.750. The molecule has 0 saturated heterocycles. The fourth-order valence-corrected chi connectivity index (χ4v) is 1.77. The average molecular weight is 243 g/mol. The summed E-state index contributed by atoms with van der Waals surface area (Å²) in [6.07, 6.45) is 1.10. The van der Waals surface area contributed by atoms with Crippen LogP contribution < -0.4 is 9.64 Å². The van der Waals surface area contributed by atoms with Gasteiger partial charge in [0.1, 0.15) is 5.75 Å². The summed E-state index contributed by atoms with van der Waals surface area (Å²) in [5, 5.41) is 0.750. The van der Waals surface area contributed by atoms with Crippen molar-refractivity contribution in [3.8, 4) is 5.75 Å². The maximum absolute atomic E-state index is 5.79. The van der Waals surface area contributed by atoms with Gasteiger partial charge in [-0.15, -0.1) is 0 Å². The number of quaternary nitrogens is 1. The lowest BCUT2D eigenvalue weighted by molar-refractivity contribution is -0.896. The molecule has 16 heavy (non-hydrogen) atoms. The summed E-state index contributed by atoms with van der Waals surface area (Å²) in [7, 11) is 0. The van der Waals surface area contributed by atoms with E-state index in [9.17, 15) is 0 Å². The highest BCUT2D eigenvalue weighted by Gasteiger charge is 2.01. The van der Waals surface area contributed by atoms with Gasteiger partial charge in [-0.3, -0.25) is 0 Å². The van der Waals surface area contributed by atoms with Crippen molar-refractivity contribution in [2.24, 2.45) is 0 Å². The van der Waals surface area contributed by atoms with Crippen LogP contribution in [0.2, 0.25) is 5.02 Å². The quantitative estimate of drug-likeness (QED) is 0.723. The van der Waals surface area contributed by atoms with Crippen LogP contribution in [0.3, 0.4) is 0 Å². The predicted molar refractivity (Wildman–Crippen MR) is 68.5 cm³/mol. The zero-order chi connectivity index (χ0) is 11.8. The third-order valence-electron chi connectivity index (χ3n) is 2.76. The number of rotatable bonds is 7. The Bertz CT molecular complexity index is 282. The average Bonchev–Trinajstić information content (AvgIpc) is 2.32. The van der Waals surface area contributed by atoms with Crippen LogP contribution in [0, 0.1) is 0 Å². The van der Waals surface area contributed by atoms with Crippen molar-refractivity contribution >= 4 is 11.6 Å². The van der Waals surface area contributed by atoms with E-state index < -0.39 is 0 Å². The van der Waals surface area contributed by atoms with E-state index in [0.717, 1.165) is 23.8 Å².